The Balaban J connectivity index is 2.21. The molecule has 0 saturated carbocycles. The van der Waals surface area contributed by atoms with Crippen molar-refractivity contribution in [2.45, 2.75) is 24.0 Å². The van der Waals surface area contributed by atoms with Crippen LogP contribution in [0.3, 0.4) is 0 Å². The molecule has 0 amide bonds. The zero-order valence-electron chi connectivity index (χ0n) is 11.9. The summed E-state index contributed by atoms with van der Waals surface area (Å²) in [6.45, 7) is 2.77. The van der Waals surface area contributed by atoms with Gasteiger partial charge in [0.2, 0.25) is 0 Å². The maximum atomic E-state index is 11.2. The monoisotopic (exact) mass is 302 g/mol. The van der Waals surface area contributed by atoms with E-state index in [9.17, 15) is 10.1 Å². The molecule has 0 unspecified atom stereocenters. The number of nitrogens with one attached hydrogen (secondary N) is 1. The van der Waals surface area contributed by atoms with Gasteiger partial charge in [-0.1, -0.05) is 37.3 Å². The summed E-state index contributed by atoms with van der Waals surface area (Å²) < 4.78 is 0. The van der Waals surface area contributed by atoms with E-state index in [-0.39, 0.29) is 10.6 Å². The summed E-state index contributed by atoms with van der Waals surface area (Å²) in [6.07, 6.45) is 0.928. The molecule has 0 aliphatic heterocycles. The van der Waals surface area contributed by atoms with Crippen molar-refractivity contribution in [1.29, 1.82) is 0 Å². The Kier molecular flexibility index (Phi) is 5.63. The standard InChI is InChI=1S/C16H18N2O2S/c1-2-11-17-16-13(7-6-10-15(16)18(19)20)12-21-14-8-4-3-5-9-14/h3-10,17H,2,11-12H2,1H3. The molecule has 0 spiro atoms. The molecule has 0 aromatic heterocycles. The van der Waals surface area contributed by atoms with Gasteiger partial charge in [0.1, 0.15) is 5.69 Å². The number of para-hydroxylation sites is 1. The largest absolute Gasteiger partial charge is 0.379 e. The zero-order valence-corrected chi connectivity index (χ0v) is 12.7. The Morgan fingerprint density at radius 1 is 1.14 bits per heavy atom. The maximum Gasteiger partial charge on any atom is 0.292 e. The van der Waals surface area contributed by atoms with Crippen molar-refractivity contribution in [3.05, 3.63) is 64.2 Å². The number of anilines is 1. The van der Waals surface area contributed by atoms with Gasteiger partial charge in [-0.2, -0.15) is 0 Å². The average Bonchev–Trinajstić information content (AvgIpc) is 2.52. The molecule has 21 heavy (non-hydrogen) atoms. The van der Waals surface area contributed by atoms with Crippen molar-refractivity contribution >= 4 is 23.1 Å². The predicted molar refractivity (Wildman–Crippen MR) is 87.9 cm³/mol. The van der Waals surface area contributed by atoms with Crippen LogP contribution in [0.5, 0.6) is 0 Å². The van der Waals surface area contributed by atoms with E-state index >= 15 is 0 Å². The number of nitro benzene ring substituents is 1. The first-order valence-corrected chi connectivity index (χ1v) is 7.89. The summed E-state index contributed by atoms with van der Waals surface area (Å²) in [6, 6.07) is 15.3. The third-order valence-electron chi connectivity index (χ3n) is 3.01. The lowest BCUT2D eigenvalue weighted by molar-refractivity contribution is -0.384. The minimum Gasteiger partial charge on any atom is -0.379 e. The van der Waals surface area contributed by atoms with Gasteiger partial charge in [-0.05, 0) is 24.1 Å². The molecule has 0 aliphatic carbocycles. The summed E-state index contributed by atoms with van der Waals surface area (Å²) >= 11 is 1.68. The second kappa shape index (κ2) is 7.69. The van der Waals surface area contributed by atoms with E-state index in [0.29, 0.717) is 11.4 Å². The van der Waals surface area contributed by atoms with Crippen LogP contribution < -0.4 is 5.32 Å². The molecular weight excluding hydrogens is 284 g/mol. The highest BCUT2D eigenvalue weighted by Crippen LogP contribution is 2.32. The molecule has 2 aromatic carbocycles. The highest BCUT2D eigenvalue weighted by atomic mass is 32.2. The van der Waals surface area contributed by atoms with Gasteiger partial charge in [0.25, 0.3) is 5.69 Å². The Labute approximate surface area is 128 Å². The van der Waals surface area contributed by atoms with Crippen LogP contribution in [-0.4, -0.2) is 11.5 Å². The molecule has 2 rings (SSSR count). The quantitative estimate of drug-likeness (QED) is 0.457. The number of rotatable bonds is 7. The highest BCUT2D eigenvalue weighted by molar-refractivity contribution is 7.98. The Morgan fingerprint density at radius 2 is 1.90 bits per heavy atom. The molecule has 5 heteroatoms. The fourth-order valence-electron chi connectivity index (χ4n) is 1.99. The topological polar surface area (TPSA) is 55.2 Å². The van der Waals surface area contributed by atoms with Gasteiger partial charge in [-0.25, -0.2) is 0 Å². The number of nitrogens with zero attached hydrogens (tertiary/aromatic N) is 1. The van der Waals surface area contributed by atoms with E-state index in [2.05, 4.69) is 5.32 Å². The van der Waals surface area contributed by atoms with Gasteiger partial charge in [-0.3, -0.25) is 10.1 Å². The van der Waals surface area contributed by atoms with Gasteiger partial charge in [0.15, 0.2) is 0 Å². The van der Waals surface area contributed by atoms with Crippen LogP contribution in [0.15, 0.2) is 53.4 Å². The van der Waals surface area contributed by atoms with Crippen molar-refractivity contribution < 1.29 is 4.92 Å². The van der Waals surface area contributed by atoms with Crippen molar-refractivity contribution in [3.63, 3.8) is 0 Å². The lowest BCUT2D eigenvalue weighted by atomic mass is 10.1. The van der Waals surface area contributed by atoms with Crippen LogP contribution >= 0.6 is 11.8 Å². The maximum absolute atomic E-state index is 11.2. The van der Waals surface area contributed by atoms with E-state index in [0.717, 1.165) is 23.4 Å². The van der Waals surface area contributed by atoms with E-state index in [1.807, 2.05) is 43.3 Å². The highest BCUT2D eigenvalue weighted by Gasteiger charge is 2.16. The summed E-state index contributed by atoms with van der Waals surface area (Å²) in [5.74, 6) is 0.706. The van der Waals surface area contributed by atoms with Gasteiger partial charge in [-0.15, -0.1) is 11.8 Å². The minimum atomic E-state index is -0.325. The number of nitro groups is 1. The third-order valence-corrected chi connectivity index (χ3v) is 4.08. The molecule has 0 aliphatic rings. The molecular formula is C16H18N2O2S. The van der Waals surface area contributed by atoms with Gasteiger partial charge in [0, 0.05) is 23.3 Å². The van der Waals surface area contributed by atoms with Crippen LogP contribution in [-0.2, 0) is 5.75 Å². The van der Waals surface area contributed by atoms with Gasteiger partial charge < -0.3 is 5.32 Å². The van der Waals surface area contributed by atoms with E-state index in [1.54, 1.807) is 23.9 Å². The fourth-order valence-corrected chi connectivity index (χ4v) is 2.90. The molecule has 0 fully saturated rings. The summed E-state index contributed by atoms with van der Waals surface area (Å²) in [7, 11) is 0. The predicted octanol–water partition coefficient (Wildman–Crippen LogP) is 4.71. The second-order valence-corrected chi connectivity index (χ2v) is 5.65. The molecule has 0 atom stereocenters. The van der Waals surface area contributed by atoms with Crippen LogP contribution in [0.25, 0.3) is 0 Å². The second-order valence-electron chi connectivity index (χ2n) is 4.60. The lowest BCUT2D eigenvalue weighted by Crippen LogP contribution is -2.06. The summed E-state index contributed by atoms with van der Waals surface area (Å²) in [5, 5.41) is 14.4. The normalized spacial score (nSPS) is 10.3. The molecule has 2 aromatic rings. The SMILES string of the molecule is CCCNc1c(CSc2ccccc2)cccc1[N+](=O)[O-]. The van der Waals surface area contributed by atoms with Crippen LogP contribution in [0.4, 0.5) is 11.4 Å². The van der Waals surface area contributed by atoms with Crippen molar-refractivity contribution in [3.8, 4) is 0 Å². The number of thioether (sulfide) groups is 1. The number of hydrogen-bond acceptors (Lipinski definition) is 4. The van der Waals surface area contributed by atoms with Gasteiger partial charge >= 0.3 is 0 Å². The van der Waals surface area contributed by atoms with Crippen molar-refractivity contribution in [2.75, 3.05) is 11.9 Å². The van der Waals surface area contributed by atoms with Crippen LogP contribution in [0.1, 0.15) is 18.9 Å². The molecule has 0 bridgehead atoms. The first kappa shape index (κ1) is 15.4. The smallest absolute Gasteiger partial charge is 0.292 e. The fraction of sp³-hybridized carbons (Fsp3) is 0.250. The summed E-state index contributed by atoms with van der Waals surface area (Å²) in [4.78, 5) is 12.0. The average molecular weight is 302 g/mol. The number of benzene rings is 2. The van der Waals surface area contributed by atoms with Crippen molar-refractivity contribution in [1.82, 2.24) is 0 Å². The zero-order chi connectivity index (χ0) is 15.1. The third kappa shape index (κ3) is 4.23. The van der Waals surface area contributed by atoms with Crippen LogP contribution in [0, 0.1) is 10.1 Å². The molecule has 4 nitrogen and oxygen atoms in total. The first-order chi connectivity index (χ1) is 10.2. The van der Waals surface area contributed by atoms with E-state index in [1.165, 1.54) is 0 Å². The van der Waals surface area contributed by atoms with E-state index in [4.69, 9.17) is 0 Å². The molecule has 1 N–H and O–H groups in total. The Bertz CT molecular complexity index is 602. The van der Waals surface area contributed by atoms with E-state index < -0.39 is 0 Å². The molecule has 0 radical (unpaired) electrons. The van der Waals surface area contributed by atoms with Crippen LogP contribution in [0.2, 0.25) is 0 Å². The Hall–Kier alpha value is -2.01. The van der Waals surface area contributed by atoms with Gasteiger partial charge in [0.05, 0.1) is 4.92 Å². The molecule has 0 heterocycles. The molecule has 0 saturated heterocycles. The molecule has 110 valence electrons. The number of hydrogen-bond donors (Lipinski definition) is 1. The first-order valence-electron chi connectivity index (χ1n) is 6.90. The lowest BCUT2D eigenvalue weighted by Gasteiger charge is -2.11. The minimum absolute atomic E-state index is 0.148. The Morgan fingerprint density at radius 3 is 2.57 bits per heavy atom. The van der Waals surface area contributed by atoms with Crippen molar-refractivity contribution in [2.24, 2.45) is 0 Å². The summed E-state index contributed by atoms with van der Waals surface area (Å²) in [5.41, 5.74) is 1.76.